The van der Waals surface area contributed by atoms with Gasteiger partial charge >= 0.3 is 5.97 Å². The number of rotatable bonds is 4. The molecule has 1 unspecified atom stereocenters. The molecule has 1 aromatic carbocycles. The van der Waals surface area contributed by atoms with Gasteiger partial charge in [-0.1, -0.05) is 12.1 Å². The molecular formula is C15H15NO5. The number of esters is 1. The molecule has 0 aliphatic carbocycles. The number of nitrogens with one attached hydrogen (secondary N) is 1. The molecule has 0 spiro atoms. The molecule has 1 aromatic heterocycles. The van der Waals surface area contributed by atoms with Crippen molar-refractivity contribution in [3.05, 3.63) is 46.3 Å². The first-order chi connectivity index (χ1) is 10.0. The van der Waals surface area contributed by atoms with Crippen molar-refractivity contribution in [3.63, 3.8) is 0 Å². The van der Waals surface area contributed by atoms with Gasteiger partial charge in [0.15, 0.2) is 11.2 Å². The van der Waals surface area contributed by atoms with Crippen LogP contribution < -0.4 is 10.7 Å². The fraction of sp³-hybridized carbons (Fsp3) is 0.267. The molecule has 110 valence electrons. The lowest BCUT2D eigenvalue weighted by molar-refractivity contribution is -0.144. The molecule has 1 heterocycles. The molecule has 1 atom stereocenters. The van der Waals surface area contributed by atoms with Gasteiger partial charge in [-0.05, 0) is 26.0 Å². The summed E-state index contributed by atoms with van der Waals surface area (Å²) in [6.45, 7) is 3.40. The predicted octanol–water partition coefficient (Wildman–Crippen LogP) is 1.47. The summed E-state index contributed by atoms with van der Waals surface area (Å²) in [5, 5.41) is 2.82. The summed E-state index contributed by atoms with van der Waals surface area (Å²) >= 11 is 0. The SMILES string of the molecule is CCOC(=O)C(C)NC(=O)c1cc(=O)c2ccccc2o1. The van der Waals surface area contributed by atoms with Gasteiger partial charge < -0.3 is 14.5 Å². The summed E-state index contributed by atoms with van der Waals surface area (Å²) in [6.07, 6.45) is 0. The summed E-state index contributed by atoms with van der Waals surface area (Å²) in [4.78, 5) is 35.4. The van der Waals surface area contributed by atoms with Crippen molar-refractivity contribution >= 4 is 22.8 Å². The van der Waals surface area contributed by atoms with Crippen LogP contribution >= 0.6 is 0 Å². The van der Waals surface area contributed by atoms with Gasteiger partial charge in [0, 0.05) is 6.07 Å². The summed E-state index contributed by atoms with van der Waals surface area (Å²) < 4.78 is 10.2. The van der Waals surface area contributed by atoms with Crippen LogP contribution in [0.3, 0.4) is 0 Å². The minimum Gasteiger partial charge on any atom is -0.464 e. The number of carbonyl (C=O) groups is 2. The van der Waals surface area contributed by atoms with E-state index in [1.54, 1.807) is 31.2 Å². The second-order valence-corrected chi connectivity index (χ2v) is 4.42. The molecule has 0 fully saturated rings. The number of carbonyl (C=O) groups excluding carboxylic acids is 2. The molecule has 0 aliphatic rings. The molecule has 0 aliphatic heterocycles. The lowest BCUT2D eigenvalue weighted by Crippen LogP contribution is -2.39. The monoisotopic (exact) mass is 289 g/mol. The van der Waals surface area contributed by atoms with Crippen LogP contribution in [0.1, 0.15) is 24.4 Å². The van der Waals surface area contributed by atoms with Crippen LogP contribution in [0.4, 0.5) is 0 Å². The lowest BCUT2D eigenvalue weighted by Gasteiger charge is -2.12. The number of benzene rings is 1. The standard InChI is InChI=1S/C15H15NO5/c1-3-20-15(19)9(2)16-14(18)13-8-11(17)10-6-4-5-7-12(10)21-13/h4-9H,3H2,1-2H3,(H,16,18). The van der Waals surface area contributed by atoms with Gasteiger partial charge in [-0.2, -0.15) is 0 Å². The highest BCUT2D eigenvalue weighted by atomic mass is 16.5. The van der Waals surface area contributed by atoms with Crippen LogP contribution in [0.25, 0.3) is 11.0 Å². The number of ether oxygens (including phenoxy) is 1. The Labute approximate surface area is 120 Å². The van der Waals surface area contributed by atoms with E-state index in [-0.39, 0.29) is 17.8 Å². The normalized spacial score (nSPS) is 11.9. The molecule has 6 heteroatoms. The Balaban J connectivity index is 2.24. The van der Waals surface area contributed by atoms with Gasteiger partial charge in [-0.15, -0.1) is 0 Å². The summed E-state index contributed by atoms with van der Waals surface area (Å²) in [6, 6.07) is 6.91. The van der Waals surface area contributed by atoms with Gasteiger partial charge in [0.2, 0.25) is 0 Å². The van der Waals surface area contributed by atoms with E-state index in [1.165, 1.54) is 6.92 Å². The van der Waals surface area contributed by atoms with E-state index in [4.69, 9.17) is 9.15 Å². The molecule has 21 heavy (non-hydrogen) atoms. The van der Waals surface area contributed by atoms with Crippen LogP contribution in [0.5, 0.6) is 0 Å². The molecule has 1 amide bonds. The lowest BCUT2D eigenvalue weighted by atomic mass is 10.2. The molecule has 2 aromatic rings. The van der Waals surface area contributed by atoms with Crippen LogP contribution in [-0.4, -0.2) is 24.5 Å². The summed E-state index contributed by atoms with van der Waals surface area (Å²) in [5.74, 6) is -1.33. The van der Waals surface area contributed by atoms with E-state index in [1.807, 2.05) is 0 Å². The highest BCUT2D eigenvalue weighted by Crippen LogP contribution is 2.11. The van der Waals surface area contributed by atoms with Crippen molar-refractivity contribution in [3.8, 4) is 0 Å². The predicted molar refractivity (Wildman–Crippen MR) is 76.0 cm³/mol. The van der Waals surface area contributed by atoms with Crippen molar-refractivity contribution in [1.29, 1.82) is 0 Å². The first kappa shape index (κ1) is 14.8. The fourth-order valence-corrected chi connectivity index (χ4v) is 1.81. The first-order valence-corrected chi connectivity index (χ1v) is 6.53. The molecule has 0 saturated heterocycles. The van der Waals surface area contributed by atoms with E-state index in [0.717, 1.165) is 6.07 Å². The first-order valence-electron chi connectivity index (χ1n) is 6.53. The zero-order valence-electron chi connectivity index (χ0n) is 11.7. The number of amides is 1. The Kier molecular flexibility index (Phi) is 4.37. The maximum atomic E-state index is 12.0. The zero-order chi connectivity index (χ0) is 15.4. The number of hydrogen-bond donors (Lipinski definition) is 1. The van der Waals surface area contributed by atoms with Gasteiger partial charge in [-0.3, -0.25) is 9.59 Å². The highest BCUT2D eigenvalue weighted by molar-refractivity contribution is 5.95. The second kappa shape index (κ2) is 6.21. The Bertz CT molecular complexity index is 734. The van der Waals surface area contributed by atoms with Gasteiger partial charge in [0.05, 0.1) is 12.0 Å². The van der Waals surface area contributed by atoms with Crippen LogP contribution in [-0.2, 0) is 9.53 Å². The maximum Gasteiger partial charge on any atom is 0.328 e. The Morgan fingerprint density at radius 2 is 2.05 bits per heavy atom. The average Bonchev–Trinajstić information content (AvgIpc) is 2.47. The Morgan fingerprint density at radius 1 is 1.33 bits per heavy atom. The fourth-order valence-electron chi connectivity index (χ4n) is 1.81. The van der Waals surface area contributed by atoms with Gasteiger partial charge in [0.1, 0.15) is 11.6 Å². The van der Waals surface area contributed by atoms with E-state index in [2.05, 4.69) is 5.32 Å². The molecule has 1 N–H and O–H groups in total. The van der Waals surface area contributed by atoms with E-state index >= 15 is 0 Å². The van der Waals surface area contributed by atoms with E-state index in [9.17, 15) is 14.4 Å². The smallest absolute Gasteiger partial charge is 0.328 e. The minimum absolute atomic E-state index is 0.144. The Hall–Kier alpha value is -2.63. The second-order valence-electron chi connectivity index (χ2n) is 4.42. The van der Waals surface area contributed by atoms with Crippen LogP contribution in [0.15, 0.2) is 39.5 Å². The average molecular weight is 289 g/mol. The summed E-state index contributed by atoms with van der Waals surface area (Å²) in [7, 11) is 0. The molecular weight excluding hydrogens is 274 g/mol. The third-order valence-corrected chi connectivity index (χ3v) is 2.85. The third kappa shape index (κ3) is 3.28. The van der Waals surface area contributed by atoms with Crippen LogP contribution in [0.2, 0.25) is 0 Å². The number of hydrogen-bond acceptors (Lipinski definition) is 5. The molecule has 2 rings (SSSR count). The summed E-state index contributed by atoms with van der Waals surface area (Å²) in [5.41, 5.74) is 0.00438. The van der Waals surface area contributed by atoms with Gasteiger partial charge in [-0.25, -0.2) is 4.79 Å². The van der Waals surface area contributed by atoms with Crippen molar-refractivity contribution < 1.29 is 18.7 Å². The van der Waals surface area contributed by atoms with E-state index in [0.29, 0.717) is 11.0 Å². The van der Waals surface area contributed by atoms with Crippen molar-refractivity contribution in [2.75, 3.05) is 6.61 Å². The molecule has 0 saturated carbocycles. The van der Waals surface area contributed by atoms with Crippen molar-refractivity contribution in [2.45, 2.75) is 19.9 Å². The minimum atomic E-state index is -0.825. The van der Waals surface area contributed by atoms with Crippen LogP contribution in [0, 0.1) is 0 Å². The zero-order valence-corrected chi connectivity index (χ0v) is 11.7. The quantitative estimate of drug-likeness (QED) is 0.861. The van der Waals surface area contributed by atoms with Crippen molar-refractivity contribution in [1.82, 2.24) is 5.32 Å². The molecule has 0 bridgehead atoms. The maximum absolute atomic E-state index is 12.0. The molecule has 0 radical (unpaired) electrons. The molecule has 6 nitrogen and oxygen atoms in total. The van der Waals surface area contributed by atoms with Gasteiger partial charge in [0.25, 0.3) is 5.91 Å². The number of fused-ring (bicyclic) bond motifs is 1. The Morgan fingerprint density at radius 3 is 2.76 bits per heavy atom. The third-order valence-electron chi connectivity index (χ3n) is 2.85. The topological polar surface area (TPSA) is 85.6 Å². The highest BCUT2D eigenvalue weighted by Gasteiger charge is 2.19. The van der Waals surface area contributed by atoms with Crippen molar-refractivity contribution in [2.24, 2.45) is 0 Å². The number of para-hydroxylation sites is 1. The largest absolute Gasteiger partial charge is 0.464 e. The van der Waals surface area contributed by atoms with E-state index < -0.39 is 17.9 Å².